The predicted octanol–water partition coefficient (Wildman–Crippen LogP) is -0.504. The van der Waals surface area contributed by atoms with Crippen molar-refractivity contribution in [3.05, 3.63) is 0 Å². The summed E-state index contributed by atoms with van der Waals surface area (Å²) in [7, 11) is 0. The van der Waals surface area contributed by atoms with Crippen LogP contribution >= 0.6 is 0 Å². The normalized spacial score (nSPS) is 23.8. The van der Waals surface area contributed by atoms with Crippen molar-refractivity contribution in [1.29, 1.82) is 0 Å². The fourth-order valence-corrected chi connectivity index (χ4v) is 1.28. The number of likely N-dealkylation sites (tertiary alicyclic amines) is 1. The zero-order valence-electron chi connectivity index (χ0n) is 6.90. The van der Waals surface area contributed by atoms with Crippen molar-refractivity contribution in [3.8, 4) is 0 Å². The van der Waals surface area contributed by atoms with Gasteiger partial charge < -0.3 is 14.7 Å². The lowest BCUT2D eigenvalue weighted by molar-refractivity contribution is 0.0501. The van der Waals surface area contributed by atoms with E-state index in [1.807, 2.05) is 0 Å². The first-order valence-corrected chi connectivity index (χ1v) is 4.04. The molecule has 0 radical (unpaired) electrons. The molecular formula is C7H14N2O3. The van der Waals surface area contributed by atoms with Crippen molar-refractivity contribution in [3.63, 3.8) is 0 Å². The smallest absolute Gasteiger partial charge is 0.411 e. The summed E-state index contributed by atoms with van der Waals surface area (Å²) in [6.07, 6.45) is 0.730. The standard InChI is InChI=1S/C7H14N2O3/c8-5-12-7(11)9-3-1-2-6(10)4-9/h6,10H,1-5,8H2. The average molecular weight is 174 g/mol. The second-order valence-corrected chi connectivity index (χ2v) is 2.82. The molecule has 0 spiro atoms. The Morgan fingerprint density at radius 2 is 2.50 bits per heavy atom. The molecule has 0 saturated carbocycles. The van der Waals surface area contributed by atoms with Crippen LogP contribution in [-0.4, -0.2) is 42.0 Å². The van der Waals surface area contributed by atoms with Crippen LogP contribution < -0.4 is 5.73 Å². The summed E-state index contributed by atoms with van der Waals surface area (Å²) in [6.45, 7) is 0.903. The molecule has 1 fully saturated rings. The zero-order chi connectivity index (χ0) is 8.97. The molecule has 70 valence electrons. The largest absolute Gasteiger partial charge is 0.434 e. The lowest BCUT2D eigenvalue weighted by atomic mass is 10.1. The van der Waals surface area contributed by atoms with E-state index in [0.29, 0.717) is 13.1 Å². The number of nitrogens with zero attached hydrogens (tertiary/aromatic N) is 1. The number of hydrogen-bond donors (Lipinski definition) is 2. The van der Waals surface area contributed by atoms with E-state index in [-0.39, 0.29) is 6.73 Å². The van der Waals surface area contributed by atoms with Crippen LogP contribution in [0.2, 0.25) is 0 Å². The molecule has 5 heteroatoms. The van der Waals surface area contributed by atoms with Gasteiger partial charge in [-0.25, -0.2) is 4.79 Å². The maximum atomic E-state index is 11.1. The van der Waals surface area contributed by atoms with Gasteiger partial charge in [0.25, 0.3) is 0 Å². The van der Waals surface area contributed by atoms with Crippen molar-refractivity contribution in [2.24, 2.45) is 5.73 Å². The third-order valence-corrected chi connectivity index (χ3v) is 1.86. The van der Waals surface area contributed by atoms with Crippen LogP contribution in [0, 0.1) is 0 Å². The summed E-state index contributed by atoms with van der Waals surface area (Å²) in [4.78, 5) is 12.5. The van der Waals surface area contributed by atoms with E-state index in [1.165, 1.54) is 4.90 Å². The fraction of sp³-hybridized carbons (Fsp3) is 0.857. The van der Waals surface area contributed by atoms with Crippen molar-refractivity contribution < 1.29 is 14.6 Å². The fourth-order valence-electron chi connectivity index (χ4n) is 1.28. The number of β-amino-alcohol motifs (C(OH)–C–C–N with tert-alkyl or cyclic N) is 1. The number of nitrogens with two attached hydrogens (primary N) is 1. The minimum Gasteiger partial charge on any atom is -0.434 e. The first-order valence-electron chi connectivity index (χ1n) is 4.04. The maximum Gasteiger partial charge on any atom is 0.411 e. The summed E-state index contributed by atoms with van der Waals surface area (Å²) >= 11 is 0. The van der Waals surface area contributed by atoms with Crippen LogP contribution in [0.15, 0.2) is 0 Å². The lowest BCUT2D eigenvalue weighted by Gasteiger charge is -2.28. The zero-order valence-corrected chi connectivity index (χ0v) is 6.90. The predicted molar refractivity (Wildman–Crippen MR) is 42.3 cm³/mol. The van der Waals surface area contributed by atoms with Gasteiger partial charge in [-0.1, -0.05) is 0 Å². The average Bonchev–Trinajstić information content (AvgIpc) is 2.05. The number of rotatable bonds is 1. The van der Waals surface area contributed by atoms with E-state index in [2.05, 4.69) is 4.74 Å². The van der Waals surface area contributed by atoms with E-state index >= 15 is 0 Å². The van der Waals surface area contributed by atoms with Crippen LogP contribution in [0.5, 0.6) is 0 Å². The van der Waals surface area contributed by atoms with Gasteiger partial charge in [0.05, 0.1) is 6.10 Å². The van der Waals surface area contributed by atoms with E-state index in [0.717, 1.165) is 12.8 Å². The summed E-state index contributed by atoms with van der Waals surface area (Å²) in [5.41, 5.74) is 5.04. The van der Waals surface area contributed by atoms with Gasteiger partial charge in [-0.05, 0) is 12.8 Å². The molecular weight excluding hydrogens is 160 g/mol. The van der Waals surface area contributed by atoms with Crippen molar-refractivity contribution in [1.82, 2.24) is 4.90 Å². The van der Waals surface area contributed by atoms with E-state index in [1.54, 1.807) is 0 Å². The number of aliphatic hydroxyl groups excluding tert-OH is 1. The van der Waals surface area contributed by atoms with Gasteiger partial charge in [0.15, 0.2) is 0 Å². The molecule has 1 amide bonds. The van der Waals surface area contributed by atoms with E-state index < -0.39 is 12.2 Å². The number of piperidine rings is 1. The quantitative estimate of drug-likeness (QED) is 0.525. The Morgan fingerprint density at radius 3 is 3.08 bits per heavy atom. The van der Waals surface area contributed by atoms with E-state index in [9.17, 15) is 9.90 Å². The maximum absolute atomic E-state index is 11.1. The second-order valence-electron chi connectivity index (χ2n) is 2.82. The van der Waals surface area contributed by atoms with Crippen LogP contribution in [0.25, 0.3) is 0 Å². The number of ether oxygens (including phenoxy) is 1. The third-order valence-electron chi connectivity index (χ3n) is 1.86. The molecule has 1 aliphatic heterocycles. The minimum atomic E-state index is -0.434. The highest BCUT2D eigenvalue weighted by Crippen LogP contribution is 2.10. The number of hydrogen-bond acceptors (Lipinski definition) is 4. The second kappa shape index (κ2) is 4.27. The van der Waals surface area contributed by atoms with E-state index in [4.69, 9.17) is 5.73 Å². The Labute approximate surface area is 71.1 Å². The number of aliphatic hydroxyl groups is 1. The van der Waals surface area contributed by atoms with Gasteiger partial charge in [-0.3, -0.25) is 5.73 Å². The first kappa shape index (κ1) is 9.28. The molecule has 0 aromatic heterocycles. The Hall–Kier alpha value is -0.810. The molecule has 1 atom stereocenters. The highest BCUT2D eigenvalue weighted by molar-refractivity contribution is 5.67. The van der Waals surface area contributed by atoms with Crippen LogP contribution in [0.1, 0.15) is 12.8 Å². The van der Waals surface area contributed by atoms with Gasteiger partial charge in [0.1, 0.15) is 6.73 Å². The van der Waals surface area contributed by atoms with Gasteiger partial charge in [-0.2, -0.15) is 0 Å². The SMILES string of the molecule is NCOC(=O)N1CCCC(O)C1. The summed E-state index contributed by atoms with van der Waals surface area (Å²) in [5, 5.41) is 9.22. The Balaban J connectivity index is 2.35. The Bertz CT molecular complexity index is 163. The molecule has 1 aliphatic rings. The molecule has 5 nitrogen and oxygen atoms in total. The molecule has 0 aromatic rings. The van der Waals surface area contributed by atoms with Crippen LogP contribution in [-0.2, 0) is 4.74 Å². The van der Waals surface area contributed by atoms with Gasteiger partial charge in [0.2, 0.25) is 0 Å². The van der Waals surface area contributed by atoms with Crippen molar-refractivity contribution in [2.75, 3.05) is 19.8 Å². The highest BCUT2D eigenvalue weighted by Gasteiger charge is 2.22. The monoisotopic (exact) mass is 174 g/mol. The molecule has 0 aromatic carbocycles. The van der Waals surface area contributed by atoms with Crippen LogP contribution in [0.3, 0.4) is 0 Å². The van der Waals surface area contributed by atoms with Crippen molar-refractivity contribution >= 4 is 6.09 Å². The first-order chi connectivity index (χ1) is 5.74. The highest BCUT2D eigenvalue weighted by atomic mass is 16.6. The summed E-state index contributed by atoms with van der Waals surface area (Å²) in [6, 6.07) is 0. The van der Waals surface area contributed by atoms with Crippen LogP contribution in [0.4, 0.5) is 4.79 Å². The Morgan fingerprint density at radius 1 is 1.75 bits per heavy atom. The summed E-state index contributed by atoms with van der Waals surface area (Å²) in [5.74, 6) is 0. The molecule has 12 heavy (non-hydrogen) atoms. The van der Waals surface area contributed by atoms with Crippen molar-refractivity contribution in [2.45, 2.75) is 18.9 Å². The van der Waals surface area contributed by atoms with Gasteiger partial charge >= 0.3 is 6.09 Å². The molecule has 0 aliphatic carbocycles. The number of carbonyl (C=O) groups is 1. The summed E-state index contributed by atoms with van der Waals surface area (Å²) < 4.78 is 4.58. The molecule has 0 bridgehead atoms. The molecule has 1 rings (SSSR count). The van der Waals surface area contributed by atoms with Gasteiger partial charge in [-0.15, -0.1) is 0 Å². The lowest BCUT2D eigenvalue weighted by Crippen LogP contribution is -2.42. The third kappa shape index (κ3) is 2.35. The topological polar surface area (TPSA) is 75.8 Å². The van der Waals surface area contributed by atoms with Gasteiger partial charge in [0, 0.05) is 13.1 Å². The molecule has 1 saturated heterocycles. The number of amides is 1. The number of carbonyl (C=O) groups excluding carboxylic acids is 1. The molecule has 1 heterocycles. The minimum absolute atomic E-state index is 0.106. The molecule has 3 N–H and O–H groups in total. The Kier molecular flexibility index (Phi) is 3.31. The molecule has 1 unspecified atom stereocenters.